The summed E-state index contributed by atoms with van der Waals surface area (Å²) >= 11 is 0. The zero-order chi connectivity index (χ0) is 14.7. The number of halogens is 1. The van der Waals surface area contributed by atoms with Crippen molar-refractivity contribution < 1.29 is 9.13 Å². The number of rotatable bonds is 4. The molecule has 1 atom stereocenters. The van der Waals surface area contributed by atoms with Crippen LogP contribution in [-0.4, -0.2) is 0 Å². The van der Waals surface area contributed by atoms with E-state index in [9.17, 15) is 4.39 Å². The quantitative estimate of drug-likeness (QED) is 0.912. The van der Waals surface area contributed by atoms with Crippen LogP contribution in [-0.2, 0) is 6.61 Å². The summed E-state index contributed by atoms with van der Waals surface area (Å²) in [7, 11) is 0. The predicted octanol–water partition coefficient (Wildman–Crippen LogP) is 4.04. The maximum atomic E-state index is 13.9. The molecule has 0 saturated carbocycles. The van der Waals surface area contributed by atoms with Crippen LogP contribution in [0.5, 0.6) is 5.75 Å². The number of benzene rings is 2. The Kier molecular flexibility index (Phi) is 4.40. The Labute approximate surface area is 119 Å². The van der Waals surface area contributed by atoms with Crippen LogP contribution >= 0.6 is 0 Å². The van der Waals surface area contributed by atoms with Crippen LogP contribution in [0.25, 0.3) is 0 Å². The lowest BCUT2D eigenvalue weighted by molar-refractivity contribution is 0.290. The molecule has 1 unspecified atom stereocenters. The molecule has 0 fully saturated rings. The molecule has 0 bridgehead atoms. The molecule has 2 rings (SSSR count). The predicted molar refractivity (Wildman–Crippen MR) is 79.3 cm³/mol. The van der Waals surface area contributed by atoms with E-state index in [2.05, 4.69) is 19.9 Å². The third-order valence-electron chi connectivity index (χ3n) is 3.45. The molecule has 3 heteroatoms. The van der Waals surface area contributed by atoms with E-state index in [1.165, 1.54) is 17.2 Å². The summed E-state index contributed by atoms with van der Waals surface area (Å²) in [5, 5.41) is 0. The van der Waals surface area contributed by atoms with E-state index in [0.717, 1.165) is 11.1 Å². The van der Waals surface area contributed by atoms with Crippen LogP contribution in [0.3, 0.4) is 0 Å². The Balaban J connectivity index is 2.09. The molecule has 0 amide bonds. The molecule has 0 radical (unpaired) electrons. The second kappa shape index (κ2) is 6.06. The van der Waals surface area contributed by atoms with Gasteiger partial charge in [-0.3, -0.25) is 0 Å². The zero-order valence-electron chi connectivity index (χ0n) is 12.1. The summed E-state index contributed by atoms with van der Waals surface area (Å²) in [5.74, 6) is -0.115. The van der Waals surface area contributed by atoms with Crippen LogP contribution in [0.15, 0.2) is 36.4 Å². The molecule has 2 aromatic rings. The fourth-order valence-electron chi connectivity index (χ4n) is 1.97. The highest BCUT2D eigenvalue weighted by atomic mass is 19.1. The maximum Gasteiger partial charge on any atom is 0.165 e. The highest BCUT2D eigenvalue weighted by molar-refractivity contribution is 5.32. The maximum absolute atomic E-state index is 13.9. The van der Waals surface area contributed by atoms with Crippen LogP contribution in [0.4, 0.5) is 4.39 Å². The van der Waals surface area contributed by atoms with E-state index in [-0.39, 0.29) is 17.6 Å². The molecular weight excluding hydrogens is 253 g/mol. The third kappa shape index (κ3) is 3.36. The molecule has 0 aliphatic rings. The van der Waals surface area contributed by atoms with Gasteiger partial charge < -0.3 is 10.5 Å². The van der Waals surface area contributed by atoms with E-state index in [4.69, 9.17) is 10.5 Å². The van der Waals surface area contributed by atoms with Gasteiger partial charge in [-0.05, 0) is 55.2 Å². The van der Waals surface area contributed by atoms with Crippen LogP contribution in [0.1, 0.15) is 35.2 Å². The molecule has 2 nitrogen and oxygen atoms in total. The molecule has 2 N–H and O–H groups in total. The summed E-state index contributed by atoms with van der Waals surface area (Å²) < 4.78 is 19.4. The molecule has 2 aromatic carbocycles. The minimum absolute atomic E-state index is 0.182. The lowest BCUT2D eigenvalue weighted by atomic mass is 10.1. The molecule has 20 heavy (non-hydrogen) atoms. The lowest BCUT2D eigenvalue weighted by Gasteiger charge is -2.11. The van der Waals surface area contributed by atoms with Gasteiger partial charge in [-0.2, -0.15) is 0 Å². The minimum Gasteiger partial charge on any atom is -0.486 e. The highest BCUT2D eigenvalue weighted by Gasteiger charge is 2.07. The molecule has 0 aromatic heterocycles. The van der Waals surface area contributed by atoms with E-state index in [1.807, 2.05) is 19.1 Å². The van der Waals surface area contributed by atoms with E-state index < -0.39 is 0 Å². The van der Waals surface area contributed by atoms with Crippen LogP contribution in [0, 0.1) is 19.7 Å². The second-order valence-corrected chi connectivity index (χ2v) is 5.19. The van der Waals surface area contributed by atoms with E-state index in [0.29, 0.717) is 6.61 Å². The van der Waals surface area contributed by atoms with Gasteiger partial charge in [0, 0.05) is 6.04 Å². The van der Waals surface area contributed by atoms with Gasteiger partial charge in [0.1, 0.15) is 6.61 Å². The van der Waals surface area contributed by atoms with Gasteiger partial charge in [0.05, 0.1) is 0 Å². The Bertz CT molecular complexity index is 608. The van der Waals surface area contributed by atoms with Gasteiger partial charge in [-0.1, -0.05) is 24.3 Å². The van der Waals surface area contributed by atoms with E-state index in [1.54, 1.807) is 12.1 Å². The van der Waals surface area contributed by atoms with Crippen molar-refractivity contribution in [2.45, 2.75) is 33.4 Å². The largest absolute Gasteiger partial charge is 0.486 e. The molecule has 0 aliphatic carbocycles. The summed E-state index contributed by atoms with van der Waals surface area (Å²) in [6.07, 6.45) is 0. The SMILES string of the molecule is Cc1ccc(COc2ccc(C(C)N)cc2F)cc1C. The second-order valence-electron chi connectivity index (χ2n) is 5.19. The first-order valence-corrected chi connectivity index (χ1v) is 6.71. The van der Waals surface area contributed by atoms with Gasteiger partial charge in [0.15, 0.2) is 11.6 Å². The number of aryl methyl sites for hydroxylation is 2. The summed E-state index contributed by atoms with van der Waals surface area (Å²) in [6.45, 7) is 6.29. The highest BCUT2D eigenvalue weighted by Crippen LogP contribution is 2.22. The fraction of sp³-hybridized carbons (Fsp3) is 0.294. The van der Waals surface area contributed by atoms with Crippen molar-refractivity contribution in [1.29, 1.82) is 0 Å². The lowest BCUT2D eigenvalue weighted by Crippen LogP contribution is -2.06. The molecular formula is C17H20FNO. The molecule has 106 valence electrons. The summed E-state index contributed by atoms with van der Waals surface area (Å²) in [4.78, 5) is 0. The van der Waals surface area contributed by atoms with Crippen molar-refractivity contribution in [3.8, 4) is 5.75 Å². The first kappa shape index (κ1) is 14.5. The number of hydrogen-bond acceptors (Lipinski definition) is 2. The van der Waals surface area contributed by atoms with Crippen LogP contribution in [0.2, 0.25) is 0 Å². The normalized spacial score (nSPS) is 12.2. The third-order valence-corrected chi connectivity index (χ3v) is 3.45. The van der Waals surface area contributed by atoms with Crippen molar-refractivity contribution in [2.24, 2.45) is 5.73 Å². The van der Waals surface area contributed by atoms with Gasteiger partial charge in [-0.25, -0.2) is 4.39 Å². The molecule has 0 spiro atoms. The van der Waals surface area contributed by atoms with Crippen molar-refractivity contribution in [1.82, 2.24) is 0 Å². The smallest absolute Gasteiger partial charge is 0.165 e. The topological polar surface area (TPSA) is 35.2 Å². The first-order chi connectivity index (χ1) is 9.47. The van der Waals surface area contributed by atoms with Crippen LogP contribution < -0.4 is 10.5 Å². The Hall–Kier alpha value is -1.87. The minimum atomic E-state index is -0.372. The Morgan fingerprint density at radius 1 is 1.10 bits per heavy atom. The fourth-order valence-corrected chi connectivity index (χ4v) is 1.97. The van der Waals surface area contributed by atoms with Crippen molar-refractivity contribution in [3.05, 3.63) is 64.5 Å². The molecule has 0 heterocycles. The molecule has 0 aliphatic heterocycles. The van der Waals surface area contributed by atoms with Crippen molar-refractivity contribution in [3.63, 3.8) is 0 Å². The number of nitrogens with two attached hydrogens (primary N) is 1. The average molecular weight is 273 g/mol. The number of hydrogen-bond donors (Lipinski definition) is 1. The standard InChI is InChI=1S/C17H20FNO/c1-11-4-5-14(8-12(11)2)10-20-17-7-6-15(13(3)19)9-16(17)18/h4-9,13H,10,19H2,1-3H3. The zero-order valence-corrected chi connectivity index (χ0v) is 12.1. The average Bonchev–Trinajstić information content (AvgIpc) is 2.41. The van der Waals surface area contributed by atoms with Crippen molar-refractivity contribution in [2.75, 3.05) is 0 Å². The summed E-state index contributed by atoms with van der Waals surface area (Å²) in [6, 6.07) is 10.8. The summed E-state index contributed by atoms with van der Waals surface area (Å²) in [5.41, 5.74) is 9.96. The monoisotopic (exact) mass is 273 g/mol. The van der Waals surface area contributed by atoms with Gasteiger partial charge in [0.2, 0.25) is 0 Å². The Morgan fingerprint density at radius 3 is 2.45 bits per heavy atom. The van der Waals surface area contributed by atoms with Crippen molar-refractivity contribution >= 4 is 0 Å². The Morgan fingerprint density at radius 2 is 1.85 bits per heavy atom. The first-order valence-electron chi connectivity index (χ1n) is 6.71. The molecule has 0 saturated heterocycles. The van der Waals surface area contributed by atoms with Gasteiger partial charge in [-0.15, -0.1) is 0 Å². The number of ether oxygens (including phenoxy) is 1. The van der Waals surface area contributed by atoms with E-state index >= 15 is 0 Å². The van der Waals surface area contributed by atoms with Gasteiger partial charge in [0.25, 0.3) is 0 Å². The van der Waals surface area contributed by atoms with Gasteiger partial charge >= 0.3 is 0 Å².